The molecule has 1 N–H and O–H groups in total. The Labute approximate surface area is 205 Å². The van der Waals surface area contributed by atoms with Crippen LogP contribution in [0, 0.1) is 0 Å². The Kier molecular flexibility index (Phi) is 5.29. The number of H-pyrrole nitrogens is 1. The summed E-state index contributed by atoms with van der Waals surface area (Å²) in [5, 5.41) is 0. The van der Waals surface area contributed by atoms with Crippen LogP contribution in [0.1, 0.15) is 32.0 Å². The molecule has 2 aromatic carbocycles. The average molecular weight is 466 g/mol. The summed E-state index contributed by atoms with van der Waals surface area (Å²) < 4.78 is 2.08. The zero-order valence-corrected chi connectivity index (χ0v) is 20.6. The van der Waals surface area contributed by atoms with E-state index in [4.69, 9.17) is 4.98 Å². The second-order valence-electron chi connectivity index (χ2n) is 10.4. The molecule has 0 unspecified atom stereocenters. The number of aromatic nitrogens is 5. The number of imidazole rings is 2. The summed E-state index contributed by atoms with van der Waals surface area (Å²) in [6, 6.07) is 17.1. The Morgan fingerprint density at radius 3 is 2.49 bits per heavy atom. The lowest BCUT2D eigenvalue weighted by Gasteiger charge is -2.36. The van der Waals surface area contributed by atoms with Crippen LogP contribution in [0.2, 0.25) is 0 Å². The van der Waals surface area contributed by atoms with Crippen LogP contribution in [0.4, 0.5) is 5.69 Å². The molecule has 0 amide bonds. The Hall–Kier alpha value is -3.71. The van der Waals surface area contributed by atoms with Gasteiger partial charge in [0.25, 0.3) is 0 Å². The third kappa shape index (κ3) is 4.17. The minimum atomic E-state index is 0.143. The molecule has 5 aromatic rings. The van der Waals surface area contributed by atoms with Gasteiger partial charge in [0.2, 0.25) is 5.78 Å². The predicted octanol–water partition coefficient (Wildman–Crippen LogP) is 4.89. The van der Waals surface area contributed by atoms with Crippen LogP contribution in [0.5, 0.6) is 0 Å². The molecule has 7 heteroatoms. The minimum absolute atomic E-state index is 0.143. The van der Waals surface area contributed by atoms with Crippen molar-refractivity contribution in [2.75, 3.05) is 31.1 Å². The van der Waals surface area contributed by atoms with Gasteiger partial charge in [-0.15, -0.1) is 0 Å². The summed E-state index contributed by atoms with van der Waals surface area (Å²) in [6.07, 6.45) is 5.76. The highest BCUT2D eigenvalue weighted by Gasteiger charge is 2.21. The van der Waals surface area contributed by atoms with Crippen LogP contribution in [-0.2, 0) is 12.0 Å². The third-order valence-electron chi connectivity index (χ3n) is 6.98. The SMILES string of the molecule is CC(C)(C)c1ccc(-c2nc3cccc(N4CCN(Cc5cnc6ncccn56)CC4)c3[nH]2)cc1. The molecule has 0 spiro atoms. The summed E-state index contributed by atoms with van der Waals surface area (Å²) in [6.45, 7) is 11.5. The first-order chi connectivity index (χ1) is 17.0. The molecule has 0 atom stereocenters. The van der Waals surface area contributed by atoms with Crippen molar-refractivity contribution >= 4 is 22.5 Å². The first-order valence-electron chi connectivity index (χ1n) is 12.3. The fourth-order valence-corrected chi connectivity index (χ4v) is 4.91. The van der Waals surface area contributed by atoms with E-state index in [0.717, 1.165) is 60.9 Å². The van der Waals surface area contributed by atoms with Crippen LogP contribution in [-0.4, -0.2) is 55.4 Å². The van der Waals surface area contributed by atoms with E-state index in [1.807, 2.05) is 18.5 Å². The topological polar surface area (TPSA) is 65.3 Å². The molecule has 7 nitrogen and oxygen atoms in total. The molecular formula is C28H31N7. The Bertz CT molecular complexity index is 1470. The lowest BCUT2D eigenvalue weighted by molar-refractivity contribution is 0.246. The van der Waals surface area contributed by atoms with E-state index in [2.05, 4.69) is 92.4 Å². The number of para-hydroxylation sites is 1. The van der Waals surface area contributed by atoms with Crippen LogP contribution in [0.3, 0.4) is 0 Å². The van der Waals surface area contributed by atoms with Gasteiger partial charge in [0.1, 0.15) is 5.82 Å². The molecular weight excluding hydrogens is 434 g/mol. The van der Waals surface area contributed by atoms with Crippen molar-refractivity contribution in [1.82, 2.24) is 29.2 Å². The average Bonchev–Trinajstić information content (AvgIpc) is 3.49. The number of aromatic amines is 1. The zero-order valence-electron chi connectivity index (χ0n) is 20.6. The Balaban J connectivity index is 1.19. The molecule has 35 heavy (non-hydrogen) atoms. The third-order valence-corrected chi connectivity index (χ3v) is 6.98. The summed E-state index contributed by atoms with van der Waals surface area (Å²) in [7, 11) is 0. The fraction of sp³-hybridized carbons (Fsp3) is 0.321. The molecule has 1 saturated heterocycles. The van der Waals surface area contributed by atoms with E-state index >= 15 is 0 Å². The van der Waals surface area contributed by atoms with Gasteiger partial charge in [0, 0.05) is 50.7 Å². The van der Waals surface area contributed by atoms with Gasteiger partial charge in [-0.25, -0.2) is 15.0 Å². The predicted molar refractivity (Wildman–Crippen MR) is 141 cm³/mol. The van der Waals surface area contributed by atoms with E-state index < -0.39 is 0 Å². The standard InChI is InChI=1S/C28H31N7/c1-28(2,3)21-10-8-20(9-11-21)26-31-23-6-4-7-24(25(23)32-26)34-16-14-33(15-17-34)19-22-18-30-27-29-12-5-13-35(22)27/h4-13,18H,14-17,19H2,1-3H3,(H,31,32). The lowest BCUT2D eigenvalue weighted by atomic mass is 9.87. The van der Waals surface area contributed by atoms with E-state index in [0.29, 0.717) is 0 Å². The number of rotatable bonds is 4. The van der Waals surface area contributed by atoms with Gasteiger partial charge in [0.15, 0.2) is 0 Å². The highest BCUT2D eigenvalue weighted by Crippen LogP contribution is 2.30. The normalized spacial score (nSPS) is 15.3. The van der Waals surface area contributed by atoms with Crippen molar-refractivity contribution in [3.8, 4) is 11.4 Å². The monoisotopic (exact) mass is 465 g/mol. The smallest absolute Gasteiger partial charge is 0.233 e. The second kappa shape index (κ2) is 8.50. The summed E-state index contributed by atoms with van der Waals surface area (Å²) in [5.74, 6) is 1.68. The number of benzene rings is 2. The molecule has 0 saturated carbocycles. The van der Waals surface area contributed by atoms with Crippen molar-refractivity contribution in [2.24, 2.45) is 0 Å². The molecule has 4 heterocycles. The maximum absolute atomic E-state index is 4.92. The van der Waals surface area contributed by atoms with Crippen molar-refractivity contribution in [2.45, 2.75) is 32.7 Å². The molecule has 0 bridgehead atoms. The first-order valence-corrected chi connectivity index (χ1v) is 12.3. The van der Waals surface area contributed by atoms with Crippen molar-refractivity contribution < 1.29 is 0 Å². The van der Waals surface area contributed by atoms with Gasteiger partial charge in [-0.05, 0) is 29.2 Å². The molecule has 3 aromatic heterocycles. The van der Waals surface area contributed by atoms with Gasteiger partial charge in [0.05, 0.1) is 28.6 Å². The van der Waals surface area contributed by atoms with Crippen LogP contribution in [0.25, 0.3) is 28.2 Å². The highest BCUT2D eigenvalue weighted by molar-refractivity contribution is 5.91. The van der Waals surface area contributed by atoms with Gasteiger partial charge in [-0.1, -0.05) is 51.1 Å². The Morgan fingerprint density at radius 1 is 0.914 bits per heavy atom. The van der Waals surface area contributed by atoms with Crippen LogP contribution < -0.4 is 4.90 Å². The van der Waals surface area contributed by atoms with Crippen molar-refractivity contribution in [1.29, 1.82) is 0 Å². The molecule has 6 rings (SSSR count). The van der Waals surface area contributed by atoms with E-state index in [-0.39, 0.29) is 5.41 Å². The van der Waals surface area contributed by atoms with Crippen molar-refractivity contribution in [3.05, 3.63) is 78.4 Å². The van der Waals surface area contributed by atoms with Gasteiger partial charge in [-0.2, -0.15) is 0 Å². The van der Waals surface area contributed by atoms with E-state index in [1.54, 1.807) is 6.20 Å². The van der Waals surface area contributed by atoms with Crippen molar-refractivity contribution in [3.63, 3.8) is 0 Å². The summed E-state index contributed by atoms with van der Waals surface area (Å²) in [4.78, 5) is 22.3. The first kappa shape index (κ1) is 21.8. The molecule has 1 fully saturated rings. The molecule has 1 aliphatic heterocycles. The zero-order chi connectivity index (χ0) is 24.0. The molecule has 178 valence electrons. The number of anilines is 1. The maximum Gasteiger partial charge on any atom is 0.233 e. The van der Waals surface area contributed by atoms with E-state index in [1.165, 1.54) is 16.9 Å². The molecule has 1 aliphatic rings. The van der Waals surface area contributed by atoms with Gasteiger partial charge in [-0.3, -0.25) is 9.30 Å². The number of hydrogen-bond acceptors (Lipinski definition) is 5. The quantitative estimate of drug-likeness (QED) is 0.409. The fourth-order valence-electron chi connectivity index (χ4n) is 4.91. The number of nitrogens with one attached hydrogen (secondary N) is 1. The number of fused-ring (bicyclic) bond motifs is 2. The van der Waals surface area contributed by atoms with Crippen LogP contribution >= 0.6 is 0 Å². The summed E-state index contributed by atoms with van der Waals surface area (Å²) in [5.41, 5.74) is 7.12. The number of hydrogen-bond donors (Lipinski definition) is 1. The van der Waals surface area contributed by atoms with Gasteiger partial charge < -0.3 is 9.88 Å². The Morgan fingerprint density at radius 2 is 1.71 bits per heavy atom. The van der Waals surface area contributed by atoms with E-state index in [9.17, 15) is 0 Å². The molecule has 0 radical (unpaired) electrons. The minimum Gasteiger partial charge on any atom is -0.367 e. The molecule has 0 aliphatic carbocycles. The largest absolute Gasteiger partial charge is 0.367 e. The van der Waals surface area contributed by atoms with Crippen LogP contribution in [0.15, 0.2) is 67.1 Å². The number of piperazine rings is 1. The summed E-state index contributed by atoms with van der Waals surface area (Å²) >= 11 is 0. The highest BCUT2D eigenvalue weighted by atomic mass is 15.3. The second-order valence-corrected chi connectivity index (χ2v) is 10.4. The maximum atomic E-state index is 4.92. The number of nitrogens with zero attached hydrogens (tertiary/aromatic N) is 6. The lowest BCUT2D eigenvalue weighted by Crippen LogP contribution is -2.46. The van der Waals surface area contributed by atoms with Gasteiger partial charge >= 0.3 is 0 Å².